The van der Waals surface area contributed by atoms with Crippen molar-refractivity contribution >= 4 is 33.6 Å². The topological polar surface area (TPSA) is 61.4 Å². The van der Waals surface area contributed by atoms with Gasteiger partial charge in [-0.25, -0.2) is 8.78 Å². The van der Waals surface area contributed by atoms with Crippen molar-refractivity contribution in [2.45, 2.75) is 25.6 Å². The van der Waals surface area contributed by atoms with E-state index >= 15 is 0 Å². The van der Waals surface area contributed by atoms with Gasteiger partial charge in [-0.2, -0.15) is 0 Å². The van der Waals surface area contributed by atoms with E-state index in [4.69, 9.17) is 0 Å². The van der Waals surface area contributed by atoms with Crippen LogP contribution in [0, 0.1) is 11.6 Å². The molecule has 2 aromatic rings. The number of rotatable bonds is 4. The van der Waals surface area contributed by atoms with Crippen molar-refractivity contribution < 1.29 is 18.7 Å². The lowest BCUT2D eigenvalue weighted by Gasteiger charge is -2.25. The van der Waals surface area contributed by atoms with Crippen LogP contribution in [-0.4, -0.2) is 17.2 Å². The minimum absolute atomic E-state index is 0.0535. The summed E-state index contributed by atoms with van der Waals surface area (Å²) in [5, 5.41) is 15.8. The molecular weight excluding hydrogens is 406 g/mol. The molecule has 3 rings (SSSR count). The van der Waals surface area contributed by atoms with Gasteiger partial charge in [0.1, 0.15) is 17.9 Å². The van der Waals surface area contributed by atoms with Crippen LogP contribution in [-0.2, 0) is 4.79 Å². The number of fused-ring (bicyclic) bond motifs is 1. The Morgan fingerprint density at radius 3 is 2.85 bits per heavy atom. The van der Waals surface area contributed by atoms with E-state index in [1.54, 1.807) is 13.0 Å². The van der Waals surface area contributed by atoms with Crippen LogP contribution in [0.25, 0.3) is 6.08 Å². The van der Waals surface area contributed by atoms with Crippen LogP contribution in [0.3, 0.4) is 0 Å². The average Bonchev–Trinajstić information content (AvgIpc) is 2.56. The monoisotopic (exact) mass is 422 g/mol. The number of anilines is 1. The van der Waals surface area contributed by atoms with E-state index < -0.39 is 23.9 Å². The fraction of sp³-hybridized carbons (Fsp3) is 0.211. The molecule has 0 saturated carbocycles. The summed E-state index contributed by atoms with van der Waals surface area (Å²) in [5.74, 6) is -1.76. The number of aliphatic hydroxyl groups is 1. The molecule has 1 amide bonds. The van der Waals surface area contributed by atoms with Crippen molar-refractivity contribution in [1.82, 2.24) is 5.32 Å². The van der Waals surface area contributed by atoms with Crippen LogP contribution in [0.4, 0.5) is 14.5 Å². The predicted octanol–water partition coefficient (Wildman–Crippen LogP) is 4.12. The lowest BCUT2D eigenvalue weighted by molar-refractivity contribution is -0.121. The number of benzene rings is 2. The van der Waals surface area contributed by atoms with E-state index in [9.17, 15) is 18.7 Å². The summed E-state index contributed by atoms with van der Waals surface area (Å²) in [4.78, 5) is 12.3. The van der Waals surface area contributed by atoms with Crippen molar-refractivity contribution in [2.75, 3.05) is 5.32 Å². The molecule has 7 heteroatoms. The second kappa shape index (κ2) is 7.55. The van der Waals surface area contributed by atoms with Crippen molar-refractivity contribution in [3.8, 4) is 0 Å². The fourth-order valence-electron chi connectivity index (χ4n) is 2.87. The lowest BCUT2D eigenvalue weighted by Crippen LogP contribution is -2.32. The second-order valence-corrected chi connectivity index (χ2v) is 6.95. The van der Waals surface area contributed by atoms with E-state index in [2.05, 4.69) is 26.6 Å². The standard InChI is InChI=1S/C19H17BrF2N2O2/c1-10(13-6-5-12(21)9-16(13)22)23-18(25)8-11-7-14-15(20)3-2-4-17(14)24-19(11)26/h2-7,9-10,19,24,26H,8H2,1H3,(H,23,25)/t10-,19?/m0/s1. The molecule has 0 saturated heterocycles. The highest BCUT2D eigenvalue weighted by atomic mass is 79.9. The SMILES string of the molecule is C[C@H](NC(=O)CC1=Cc2c(Br)cccc2NC1O)c1ccc(F)cc1F. The Morgan fingerprint density at radius 2 is 2.12 bits per heavy atom. The van der Waals surface area contributed by atoms with E-state index in [0.29, 0.717) is 5.57 Å². The Balaban J connectivity index is 1.72. The zero-order chi connectivity index (χ0) is 18.8. The first-order valence-electron chi connectivity index (χ1n) is 8.03. The predicted molar refractivity (Wildman–Crippen MR) is 99.3 cm³/mol. The minimum atomic E-state index is -0.986. The summed E-state index contributed by atoms with van der Waals surface area (Å²) in [6, 6.07) is 8.14. The summed E-state index contributed by atoms with van der Waals surface area (Å²) in [5.41, 5.74) is 2.30. The number of hydrogen-bond donors (Lipinski definition) is 3. The molecule has 136 valence electrons. The Kier molecular flexibility index (Phi) is 5.38. The van der Waals surface area contributed by atoms with Gasteiger partial charge < -0.3 is 15.7 Å². The maximum Gasteiger partial charge on any atom is 0.224 e. The molecule has 0 fully saturated rings. The molecule has 0 spiro atoms. The molecule has 1 heterocycles. The number of carbonyl (C=O) groups excluding carboxylic acids is 1. The van der Waals surface area contributed by atoms with Crippen molar-refractivity contribution in [3.63, 3.8) is 0 Å². The quantitative estimate of drug-likeness (QED) is 0.694. The van der Waals surface area contributed by atoms with Gasteiger partial charge in [0, 0.05) is 27.4 Å². The Bertz CT molecular complexity index is 886. The highest BCUT2D eigenvalue weighted by Crippen LogP contribution is 2.33. The number of aliphatic hydroxyl groups excluding tert-OH is 1. The molecule has 0 radical (unpaired) electrons. The van der Waals surface area contributed by atoms with E-state index in [0.717, 1.165) is 27.9 Å². The number of carbonyl (C=O) groups is 1. The van der Waals surface area contributed by atoms with Crippen molar-refractivity contribution in [3.05, 3.63) is 69.2 Å². The van der Waals surface area contributed by atoms with Gasteiger partial charge in [0.2, 0.25) is 5.91 Å². The summed E-state index contributed by atoms with van der Waals surface area (Å²) in [7, 11) is 0. The Labute approximate surface area is 158 Å². The smallest absolute Gasteiger partial charge is 0.224 e. The summed E-state index contributed by atoms with van der Waals surface area (Å²) < 4.78 is 27.7. The number of halogens is 3. The van der Waals surface area contributed by atoms with Gasteiger partial charge in [0.05, 0.1) is 12.5 Å². The zero-order valence-electron chi connectivity index (χ0n) is 13.9. The van der Waals surface area contributed by atoms with Gasteiger partial charge in [0.15, 0.2) is 0 Å². The largest absolute Gasteiger partial charge is 0.370 e. The summed E-state index contributed by atoms with van der Waals surface area (Å²) >= 11 is 3.44. The summed E-state index contributed by atoms with van der Waals surface area (Å²) in [6.07, 6.45) is 0.714. The Morgan fingerprint density at radius 1 is 1.35 bits per heavy atom. The highest BCUT2D eigenvalue weighted by molar-refractivity contribution is 9.10. The van der Waals surface area contributed by atoms with Crippen LogP contribution in [0.5, 0.6) is 0 Å². The van der Waals surface area contributed by atoms with Gasteiger partial charge in [0.25, 0.3) is 0 Å². The minimum Gasteiger partial charge on any atom is -0.370 e. The van der Waals surface area contributed by atoms with Crippen LogP contribution >= 0.6 is 15.9 Å². The van der Waals surface area contributed by atoms with Crippen LogP contribution < -0.4 is 10.6 Å². The van der Waals surface area contributed by atoms with Crippen LogP contribution in [0.1, 0.15) is 30.5 Å². The number of nitrogens with one attached hydrogen (secondary N) is 2. The number of amides is 1. The molecule has 26 heavy (non-hydrogen) atoms. The van der Waals surface area contributed by atoms with Crippen molar-refractivity contribution in [2.24, 2.45) is 0 Å². The number of hydrogen-bond acceptors (Lipinski definition) is 3. The molecular formula is C19H17BrF2N2O2. The maximum atomic E-state index is 13.8. The third-order valence-electron chi connectivity index (χ3n) is 4.20. The molecule has 1 unspecified atom stereocenters. The first-order valence-corrected chi connectivity index (χ1v) is 8.82. The van der Waals surface area contributed by atoms with E-state index in [1.807, 2.05) is 18.2 Å². The van der Waals surface area contributed by atoms with E-state index in [1.165, 1.54) is 6.07 Å². The lowest BCUT2D eigenvalue weighted by atomic mass is 10.00. The zero-order valence-corrected chi connectivity index (χ0v) is 15.5. The van der Waals surface area contributed by atoms with Gasteiger partial charge in [-0.1, -0.05) is 28.1 Å². The Hall–Kier alpha value is -2.25. The molecule has 2 atom stereocenters. The van der Waals surface area contributed by atoms with Gasteiger partial charge in [-0.05, 0) is 36.8 Å². The third kappa shape index (κ3) is 3.94. The molecule has 0 aromatic heterocycles. The fourth-order valence-corrected chi connectivity index (χ4v) is 3.35. The molecule has 0 aliphatic carbocycles. The normalized spacial score (nSPS) is 17.0. The van der Waals surface area contributed by atoms with Crippen LogP contribution in [0.2, 0.25) is 0 Å². The molecule has 1 aliphatic rings. The molecule has 1 aliphatic heterocycles. The second-order valence-electron chi connectivity index (χ2n) is 6.10. The summed E-state index contributed by atoms with van der Waals surface area (Å²) in [6.45, 7) is 1.62. The van der Waals surface area contributed by atoms with Gasteiger partial charge in [-0.15, -0.1) is 0 Å². The van der Waals surface area contributed by atoms with E-state index in [-0.39, 0.29) is 17.9 Å². The molecule has 4 nitrogen and oxygen atoms in total. The van der Waals surface area contributed by atoms with Crippen LogP contribution in [0.15, 0.2) is 46.4 Å². The molecule has 0 bridgehead atoms. The average molecular weight is 423 g/mol. The van der Waals surface area contributed by atoms with Gasteiger partial charge >= 0.3 is 0 Å². The van der Waals surface area contributed by atoms with Gasteiger partial charge in [-0.3, -0.25) is 4.79 Å². The van der Waals surface area contributed by atoms with Crippen molar-refractivity contribution in [1.29, 1.82) is 0 Å². The molecule has 2 aromatic carbocycles. The third-order valence-corrected chi connectivity index (χ3v) is 4.89. The molecule has 3 N–H and O–H groups in total. The highest BCUT2D eigenvalue weighted by Gasteiger charge is 2.23. The first-order chi connectivity index (χ1) is 12.3. The first kappa shape index (κ1) is 18.5. The maximum absolute atomic E-state index is 13.8.